The zero-order valence-electron chi connectivity index (χ0n) is 13.8. The third kappa shape index (κ3) is 4.00. The van der Waals surface area contributed by atoms with E-state index in [2.05, 4.69) is 10.2 Å². The summed E-state index contributed by atoms with van der Waals surface area (Å²) in [6, 6.07) is 1.88. The summed E-state index contributed by atoms with van der Waals surface area (Å²) in [4.78, 5) is 15.0. The molecule has 0 saturated carbocycles. The van der Waals surface area contributed by atoms with Crippen molar-refractivity contribution in [1.29, 1.82) is 0 Å². The molecule has 22 heavy (non-hydrogen) atoms. The van der Waals surface area contributed by atoms with Crippen LogP contribution in [0.25, 0.3) is 0 Å². The number of Topliss-reactive ketones (excluding diaryl/α,β-unsaturated/α-hetero) is 1. The maximum Gasteiger partial charge on any atom is 0.180 e. The third-order valence-corrected chi connectivity index (χ3v) is 4.44. The molecule has 0 spiro atoms. The molecule has 0 bridgehead atoms. The van der Waals surface area contributed by atoms with E-state index in [1.807, 2.05) is 33.8 Å². The van der Waals surface area contributed by atoms with Gasteiger partial charge in [0.1, 0.15) is 5.75 Å². The molecule has 1 aliphatic heterocycles. The number of hydrogen-bond donors (Lipinski definition) is 1. The molecule has 122 valence electrons. The highest BCUT2D eigenvalue weighted by atomic mass is 35.5. The molecule has 0 unspecified atom stereocenters. The first-order valence-electron chi connectivity index (χ1n) is 7.82. The minimum absolute atomic E-state index is 0.0192. The number of carbonyl (C=O) groups is 1. The average Bonchev–Trinajstić information content (AvgIpc) is 2.45. The van der Waals surface area contributed by atoms with Crippen LogP contribution in [0.1, 0.15) is 35.3 Å². The van der Waals surface area contributed by atoms with Crippen LogP contribution in [0.2, 0.25) is 5.02 Å². The molecular weight excluding hydrogens is 300 g/mol. The maximum atomic E-state index is 12.8. The fraction of sp³-hybridized carbons (Fsp3) is 0.588. The summed E-state index contributed by atoms with van der Waals surface area (Å²) >= 11 is 6.35. The van der Waals surface area contributed by atoms with Crippen LogP contribution in [0.15, 0.2) is 6.07 Å². The molecular formula is C17H25ClN2O2. The molecule has 1 saturated heterocycles. The zero-order chi connectivity index (χ0) is 16.3. The van der Waals surface area contributed by atoms with Gasteiger partial charge in [0.15, 0.2) is 5.78 Å². The van der Waals surface area contributed by atoms with Gasteiger partial charge in [-0.1, -0.05) is 11.6 Å². The normalized spacial score (nSPS) is 16.1. The van der Waals surface area contributed by atoms with Crippen molar-refractivity contribution < 1.29 is 9.53 Å². The van der Waals surface area contributed by atoms with Crippen LogP contribution in [0, 0.1) is 13.8 Å². The molecule has 2 rings (SSSR count). The number of hydrogen-bond acceptors (Lipinski definition) is 4. The van der Waals surface area contributed by atoms with E-state index in [-0.39, 0.29) is 11.9 Å². The van der Waals surface area contributed by atoms with Gasteiger partial charge in [-0.15, -0.1) is 0 Å². The first-order valence-corrected chi connectivity index (χ1v) is 8.20. The van der Waals surface area contributed by atoms with E-state index < -0.39 is 0 Å². The largest absolute Gasteiger partial charge is 0.490 e. The maximum absolute atomic E-state index is 12.8. The zero-order valence-corrected chi connectivity index (χ0v) is 14.6. The number of ether oxygens (including phenoxy) is 1. The Morgan fingerprint density at radius 2 is 2.00 bits per heavy atom. The Morgan fingerprint density at radius 1 is 1.36 bits per heavy atom. The molecule has 5 heteroatoms. The lowest BCUT2D eigenvalue weighted by atomic mass is 9.99. The van der Waals surface area contributed by atoms with Crippen molar-refractivity contribution in [3.8, 4) is 5.75 Å². The van der Waals surface area contributed by atoms with Gasteiger partial charge in [-0.2, -0.15) is 0 Å². The van der Waals surface area contributed by atoms with Gasteiger partial charge in [0.05, 0.1) is 18.2 Å². The highest BCUT2D eigenvalue weighted by Crippen LogP contribution is 2.32. The predicted octanol–water partition coefficient (Wildman–Crippen LogP) is 2.83. The fourth-order valence-electron chi connectivity index (χ4n) is 2.77. The first-order chi connectivity index (χ1) is 10.4. The standard InChI is InChI=1S/C17H25ClN2O2/c1-11(2)22-15-9-12(3)17(18)13(4)16(15)14(21)10-20-7-5-19-6-8-20/h9,11,19H,5-8,10H2,1-4H3. The molecule has 1 heterocycles. The van der Waals surface area contributed by atoms with Crippen molar-refractivity contribution in [1.82, 2.24) is 10.2 Å². The third-order valence-electron chi connectivity index (χ3n) is 3.86. The van der Waals surface area contributed by atoms with E-state index in [4.69, 9.17) is 16.3 Å². The lowest BCUT2D eigenvalue weighted by Gasteiger charge is -2.27. The summed E-state index contributed by atoms with van der Waals surface area (Å²) in [7, 11) is 0. The van der Waals surface area contributed by atoms with E-state index in [0.717, 1.165) is 37.3 Å². The van der Waals surface area contributed by atoms with Crippen LogP contribution < -0.4 is 10.1 Å². The molecule has 1 fully saturated rings. The van der Waals surface area contributed by atoms with Crippen molar-refractivity contribution in [2.75, 3.05) is 32.7 Å². The van der Waals surface area contributed by atoms with Crippen LogP contribution in [-0.2, 0) is 0 Å². The molecule has 1 aliphatic rings. The smallest absolute Gasteiger partial charge is 0.180 e. The lowest BCUT2D eigenvalue weighted by molar-refractivity contribution is 0.0915. The van der Waals surface area contributed by atoms with Crippen molar-refractivity contribution in [2.45, 2.75) is 33.8 Å². The van der Waals surface area contributed by atoms with Crippen molar-refractivity contribution in [3.63, 3.8) is 0 Å². The van der Waals surface area contributed by atoms with Gasteiger partial charge in [-0.05, 0) is 44.9 Å². The van der Waals surface area contributed by atoms with Gasteiger partial charge in [0.2, 0.25) is 0 Å². The number of benzene rings is 1. The molecule has 0 aromatic heterocycles. The van der Waals surface area contributed by atoms with Gasteiger partial charge in [0.25, 0.3) is 0 Å². The van der Waals surface area contributed by atoms with Crippen molar-refractivity contribution in [3.05, 3.63) is 27.8 Å². The fourth-order valence-corrected chi connectivity index (χ4v) is 2.92. The summed E-state index contributed by atoms with van der Waals surface area (Å²) in [6.45, 7) is 11.8. The highest BCUT2D eigenvalue weighted by Gasteiger charge is 2.23. The monoisotopic (exact) mass is 324 g/mol. The summed E-state index contributed by atoms with van der Waals surface area (Å²) in [5.74, 6) is 0.728. The quantitative estimate of drug-likeness (QED) is 0.846. The second-order valence-electron chi connectivity index (χ2n) is 6.12. The summed E-state index contributed by atoms with van der Waals surface area (Å²) in [5, 5.41) is 3.95. The van der Waals surface area contributed by atoms with Crippen molar-refractivity contribution in [2.24, 2.45) is 0 Å². The average molecular weight is 325 g/mol. The van der Waals surface area contributed by atoms with Gasteiger partial charge >= 0.3 is 0 Å². The van der Waals surface area contributed by atoms with Crippen LogP contribution in [0.4, 0.5) is 0 Å². The number of carbonyl (C=O) groups excluding carboxylic acids is 1. The summed E-state index contributed by atoms with van der Waals surface area (Å²) in [5.41, 5.74) is 2.38. The topological polar surface area (TPSA) is 41.6 Å². The lowest BCUT2D eigenvalue weighted by Crippen LogP contribution is -2.45. The van der Waals surface area contributed by atoms with Gasteiger partial charge in [-0.3, -0.25) is 9.69 Å². The second-order valence-corrected chi connectivity index (χ2v) is 6.50. The van der Waals surface area contributed by atoms with Crippen LogP contribution in [0.5, 0.6) is 5.75 Å². The Balaban J connectivity index is 2.30. The Labute approximate surface area is 137 Å². The predicted molar refractivity (Wildman–Crippen MR) is 90.3 cm³/mol. The molecule has 1 aromatic rings. The summed E-state index contributed by atoms with van der Waals surface area (Å²) in [6.07, 6.45) is 0.0192. The number of rotatable bonds is 5. The molecule has 0 atom stereocenters. The Hall–Kier alpha value is -1.10. The Bertz CT molecular complexity index is 552. The van der Waals surface area contributed by atoms with E-state index in [1.54, 1.807) is 0 Å². The minimum atomic E-state index is 0.0192. The number of nitrogens with zero attached hydrogens (tertiary/aromatic N) is 1. The number of aryl methyl sites for hydroxylation is 1. The number of nitrogens with one attached hydrogen (secondary N) is 1. The van der Waals surface area contributed by atoms with E-state index >= 15 is 0 Å². The Morgan fingerprint density at radius 3 is 2.59 bits per heavy atom. The molecule has 0 radical (unpaired) electrons. The van der Waals surface area contributed by atoms with E-state index in [1.165, 1.54) is 0 Å². The van der Waals surface area contributed by atoms with Crippen LogP contribution >= 0.6 is 11.6 Å². The van der Waals surface area contributed by atoms with Crippen molar-refractivity contribution >= 4 is 17.4 Å². The highest BCUT2D eigenvalue weighted by molar-refractivity contribution is 6.32. The number of piperazine rings is 1. The van der Waals surface area contributed by atoms with Crippen LogP contribution in [-0.4, -0.2) is 49.5 Å². The molecule has 1 aromatic carbocycles. The second kappa shape index (κ2) is 7.44. The van der Waals surface area contributed by atoms with Crippen LogP contribution in [0.3, 0.4) is 0 Å². The number of halogens is 1. The number of ketones is 1. The Kier molecular flexibility index (Phi) is 5.84. The van der Waals surface area contributed by atoms with E-state index in [0.29, 0.717) is 22.9 Å². The molecule has 4 nitrogen and oxygen atoms in total. The summed E-state index contributed by atoms with van der Waals surface area (Å²) < 4.78 is 5.86. The van der Waals surface area contributed by atoms with Gasteiger partial charge < -0.3 is 10.1 Å². The van der Waals surface area contributed by atoms with Gasteiger partial charge in [0, 0.05) is 31.2 Å². The minimum Gasteiger partial charge on any atom is -0.490 e. The molecule has 1 N–H and O–H groups in total. The van der Waals surface area contributed by atoms with E-state index in [9.17, 15) is 4.79 Å². The first kappa shape index (κ1) is 17.3. The molecule has 0 amide bonds. The van der Waals surface area contributed by atoms with Gasteiger partial charge in [-0.25, -0.2) is 0 Å². The molecule has 0 aliphatic carbocycles. The SMILES string of the molecule is Cc1cc(OC(C)C)c(C(=O)CN2CCNCC2)c(C)c1Cl.